The van der Waals surface area contributed by atoms with E-state index in [9.17, 15) is 4.79 Å². The minimum Gasteiger partial charge on any atom is -0.334 e. The monoisotopic (exact) mass is 388 g/mol. The van der Waals surface area contributed by atoms with Crippen LogP contribution in [0, 0.1) is 5.92 Å². The molecule has 1 aliphatic heterocycles. The maximum absolute atomic E-state index is 13.1. The van der Waals surface area contributed by atoms with E-state index in [0.29, 0.717) is 16.3 Å². The second kappa shape index (κ2) is 6.24. The first-order chi connectivity index (χ1) is 11.6. The molecular formula is C18H21BrN4O. The molecule has 4 rings (SSSR count). The van der Waals surface area contributed by atoms with Crippen molar-refractivity contribution in [3.05, 3.63) is 47.9 Å². The van der Waals surface area contributed by atoms with Crippen LogP contribution in [0.1, 0.15) is 29.6 Å². The molecule has 1 saturated heterocycles. The van der Waals surface area contributed by atoms with Crippen LogP contribution < -0.4 is 0 Å². The highest BCUT2D eigenvalue weighted by molar-refractivity contribution is 9.09. The summed E-state index contributed by atoms with van der Waals surface area (Å²) < 4.78 is 3.71. The maximum Gasteiger partial charge on any atom is 0.259 e. The summed E-state index contributed by atoms with van der Waals surface area (Å²) in [5.74, 6) is 1.53. The number of carbonyl (C=O) groups is 1. The normalized spacial score (nSPS) is 23.8. The lowest BCUT2D eigenvalue weighted by Gasteiger charge is -2.37. The first kappa shape index (κ1) is 15.7. The van der Waals surface area contributed by atoms with Gasteiger partial charge >= 0.3 is 0 Å². The van der Waals surface area contributed by atoms with E-state index in [-0.39, 0.29) is 5.91 Å². The van der Waals surface area contributed by atoms with Crippen molar-refractivity contribution in [1.29, 1.82) is 0 Å². The molecule has 126 valence electrons. The maximum atomic E-state index is 13.1. The van der Waals surface area contributed by atoms with Crippen LogP contribution in [-0.4, -0.2) is 43.1 Å². The number of alkyl halides is 1. The third-order valence-corrected chi connectivity index (χ3v) is 5.84. The number of aromatic nitrogens is 3. The van der Waals surface area contributed by atoms with Crippen molar-refractivity contribution in [2.45, 2.75) is 24.1 Å². The Hall–Kier alpha value is -1.82. The summed E-state index contributed by atoms with van der Waals surface area (Å²) in [6.07, 6.45) is 11.2. The van der Waals surface area contributed by atoms with Crippen LogP contribution in [0.4, 0.5) is 0 Å². The van der Waals surface area contributed by atoms with Crippen LogP contribution in [0.3, 0.4) is 0 Å². The van der Waals surface area contributed by atoms with Crippen molar-refractivity contribution >= 4 is 21.8 Å². The molecule has 2 aromatic rings. The molecule has 6 heteroatoms. The van der Waals surface area contributed by atoms with Crippen molar-refractivity contribution < 1.29 is 4.79 Å². The van der Waals surface area contributed by atoms with Crippen LogP contribution in [0.2, 0.25) is 0 Å². The Balaban J connectivity index is 1.59. The van der Waals surface area contributed by atoms with E-state index in [1.807, 2.05) is 41.0 Å². The molecule has 0 spiro atoms. The van der Waals surface area contributed by atoms with Gasteiger partial charge in [-0.15, -0.1) is 0 Å². The number of rotatable bonds is 2. The smallest absolute Gasteiger partial charge is 0.259 e. The van der Waals surface area contributed by atoms with Crippen LogP contribution >= 0.6 is 15.9 Å². The first-order valence-electron chi connectivity index (χ1n) is 8.41. The number of piperidine rings is 1. The molecule has 0 bridgehead atoms. The summed E-state index contributed by atoms with van der Waals surface area (Å²) in [6.45, 7) is 1.57. The first-order valence-corrected chi connectivity index (χ1v) is 9.32. The Morgan fingerprint density at radius 3 is 2.92 bits per heavy atom. The molecule has 2 unspecified atom stereocenters. The van der Waals surface area contributed by atoms with Crippen molar-refractivity contribution in [3.8, 4) is 5.82 Å². The molecule has 0 N–H and O–H groups in total. The molecule has 24 heavy (non-hydrogen) atoms. The number of allylic oxidation sites excluding steroid dienone is 1. The highest BCUT2D eigenvalue weighted by Gasteiger charge is 2.32. The van der Waals surface area contributed by atoms with Gasteiger partial charge in [-0.2, -0.15) is 5.10 Å². The lowest BCUT2D eigenvalue weighted by atomic mass is 9.82. The SMILES string of the molecule is Cn1ncc(C(=O)N2CCC3CC(Br)CC=C3C2)c1-n1cccc1. The van der Waals surface area contributed by atoms with Crippen LogP contribution in [0.15, 0.2) is 42.4 Å². The van der Waals surface area contributed by atoms with Gasteiger partial charge in [0.2, 0.25) is 0 Å². The van der Waals surface area contributed by atoms with E-state index in [2.05, 4.69) is 27.1 Å². The summed E-state index contributed by atoms with van der Waals surface area (Å²) in [4.78, 5) is 15.7. The lowest BCUT2D eigenvalue weighted by Crippen LogP contribution is -2.41. The van der Waals surface area contributed by atoms with Gasteiger partial charge in [0.1, 0.15) is 11.4 Å². The molecule has 2 atom stereocenters. The average Bonchev–Trinajstić information content (AvgIpc) is 3.22. The molecule has 3 heterocycles. The quantitative estimate of drug-likeness (QED) is 0.585. The number of amides is 1. The molecule has 1 aliphatic carbocycles. The van der Waals surface area contributed by atoms with Gasteiger partial charge in [-0.05, 0) is 37.3 Å². The van der Waals surface area contributed by atoms with E-state index in [1.54, 1.807) is 10.9 Å². The predicted molar refractivity (Wildman–Crippen MR) is 96.6 cm³/mol. The van der Waals surface area contributed by atoms with Gasteiger partial charge in [-0.1, -0.05) is 27.6 Å². The molecular weight excluding hydrogens is 368 g/mol. The fourth-order valence-electron chi connectivity index (χ4n) is 3.82. The minimum absolute atomic E-state index is 0.0760. The standard InChI is InChI=1S/C18H21BrN4O/c1-21-17(22-7-2-3-8-22)16(11-20-21)18(24)23-9-6-13-10-15(19)5-4-14(13)12-23/h2-4,7-8,11,13,15H,5-6,9-10,12H2,1H3. The summed E-state index contributed by atoms with van der Waals surface area (Å²) in [5.41, 5.74) is 2.10. The van der Waals surface area contributed by atoms with Crippen molar-refractivity contribution in [3.63, 3.8) is 0 Å². The van der Waals surface area contributed by atoms with E-state index in [4.69, 9.17) is 0 Å². The summed E-state index contributed by atoms with van der Waals surface area (Å²) in [7, 11) is 1.87. The summed E-state index contributed by atoms with van der Waals surface area (Å²) >= 11 is 3.73. The molecule has 2 aromatic heterocycles. The fraction of sp³-hybridized carbons (Fsp3) is 0.444. The number of likely N-dealkylation sites (tertiary alicyclic amines) is 1. The minimum atomic E-state index is 0.0760. The predicted octanol–water partition coefficient (Wildman–Crippen LogP) is 3.16. The summed E-state index contributed by atoms with van der Waals surface area (Å²) in [5, 5.41) is 4.31. The van der Waals surface area contributed by atoms with Gasteiger partial charge in [0.15, 0.2) is 0 Å². The van der Waals surface area contributed by atoms with E-state index in [1.165, 1.54) is 12.0 Å². The zero-order valence-corrected chi connectivity index (χ0v) is 15.3. The zero-order chi connectivity index (χ0) is 16.7. The summed E-state index contributed by atoms with van der Waals surface area (Å²) in [6, 6.07) is 3.91. The van der Waals surface area contributed by atoms with Crippen LogP contribution in [0.25, 0.3) is 5.82 Å². The number of hydrogen-bond donors (Lipinski definition) is 0. The molecule has 1 fully saturated rings. The molecule has 1 amide bonds. The zero-order valence-electron chi connectivity index (χ0n) is 13.7. The molecule has 0 radical (unpaired) electrons. The average molecular weight is 389 g/mol. The number of fused-ring (bicyclic) bond motifs is 1. The highest BCUT2D eigenvalue weighted by atomic mass is 79.9. The van der Waals surface area contributed by atoms with Crippen molar-refractivity contribution in [1.82, 2.24) is 19.2 Å². The number of halogens is 1. The Labute approximate surface area is 150 Å². The van der Waals surface area contributed by atoms with Crippen LogP contribution in [-0.2, 0) is 7.05 Å². The largest absolute Gasteiger partial charge is 0.334 e. The lowest BCUT2D eigenvalue weighted by molar-refractivity contribution is 0.0731. The van der Waals surface area contributed by atoms with Crippen LogP contribution in [0.5, 0.6) is 0 Å². The molecule has 5 nitrogen and oxygen atoms in total. The Morgan fingerprint density at radius 2 is 2.12 bits per heavy atom. The van der Waals surface area contributed by atoms with Gasteiger partial charge in [0.25, 0.3) is 5.91 Å². The second-order valence-corrected chi connectivity index (χ2v) is 7.95. The number of carbonyl (C=O) groups excluding carboxylic acids is 1. The van der Waals surface area contributed by atoms with E-state index < -0.39 is 0 Å². The van der Waals surface area contributed by atoms with E-state index >= 15 is 0 Å². The topological polar surface area (TPSA) is 43.1 Å². The Bertz CT molecular complexity index is 777. The van der Waals surface area contributed by atoms with Gasteiger partial charge in [0.05, 0.1) is 6.20 Å². The Morgan fingerprint density at radius 1 is 1.33 bits per heavy atom. The molecule has 0 saturated carbocycles. The highest BCUT2D eigenvalue weighted by Crippen LogP contribution is 2.35. The van der Waals surface area contributed by atoms with Gasteiger partial charge < -0.3 is 9.47 Å². The van der Waals surface area contributed by atoms with Gasteiger partial charge in [-0.25, -0.2) is 0 Å². The number of hydrogen-bond acceptors (Lipinski definition) is 2. The van der Waals surface area contributed by atoms with Gasteiger partial charge in [-0.3, -0.25) is 9.48 Å². The number of aryl methyl sites for hydroxylation is 1. The fourth-order valence-corrected chi connectivity index (χ4v) is 4.46. The molecule has 2 aliphatic rings. The van der Waals surface area contributed by atoms with Crippen molar-refractivity contribution in [2.75, 3.05) is 13.1 Å². The van der Waals surface area contributed by atoms with Crippen molar-refractivity contribution in [2.24, 2.45) is 13.0 Å². The Kier molecular flexibility index (Phi) is 4.08. The van der Waals surface area contributed by atoms with Gasteiger partial charge in [0, 0.05) is 37.4 Å². The molecule has 0 aromatic carbocycles. The second-order valence-electron chi connectivity index (χ2n) is 6.66. The third-order valence-electron chi connectivity index (χ3n) is 5.10. The third kappa shape index (κ3) is 2.73. The van der Waals surface area contributed by atoms with E-state index in [0.717, 1.165) is 31.7 Å². The number of nitrogens with zero attached hydrogens (tertiary/aromatic N) is 4.